The van der Waals surface area contributed by atoms with Gasteiger partial charge in [0.2, 0.25) is 0 Å². The molecule has 0 fully saturated rings. The van der Waals surface area contributed by atoms with Crippen LogP contribution in [-0.4, -0.2) is 29.9 Å². The third kappa shape index (κ3) is 8.43. The van der Waals surface area contributed by atoms with Gasteiger partial charge in [0.05, 0.1) is 28.5 Å². The Morgan fingerprint density at radius 1 is 0.254 bits per heavy atom. The van der Waals surface area contributed by atoms with Crippen molar-refractivity contribution in [2.45, 2.75) is 6.92 Å². The van der Waals surface area contributed by atoms with Gasteiger partial charge in [0.15, 0.2) is 11.6 Å². The average molecular weight is 859 g/mol. The molecular weight excluding hydrogens is 817 g/mol. The lowest BCUT2D eigenvalue weighted by Crippen LogP contribution is -1.99. The predicted octanol–water partition coefficient (Wildman–Crippen LogP) is 15.0. The first-order chi connectivity index (χ1) is 33.1. The molecule has 0 aliphatic carbocycles. The van der Waals surface area contributed by atoms with Gasteiger partial charge >= 0.3 is 0 Å². The van der Waals surface area contributed by atoms with E-state index >= 15 is 0 Å². The third-order valence-corrected chi connectivity index (χ3v) is 12.0. The number of rotatable bonds is 10. The summed E-state index contributed by atoms with van der Waals surface area (Å²) in [6.45, 7) is 2.01. The normalized spacial score (nSPS) is 11.1. The zero-order valence-electron chi connectivity index (χ0n) is 36.7. The van der Waals surface area contributed by atoms with Gasteiger partial charge in [0, 0.05) is 57.0 Å². The summed E-state index contributed by atoms with van der Waals surface area (Å²) >= 11 is 0. The first kappa shape index (κ1) is 40.8. The van der Waals surface area contributed by atoms with Crippen LogP contribution in [-0.2, 0) is 0 Å². The van der Waals surface area contributed by atoms with Gasteiger partial charge in [-0.3, -0.25) is 9.97 Å². The monoisotopic (exact) mass is 858 g/mol. The fraction of sp³-hybridized carbons (Fsp3) is 0.0164. The van der Waals surface area contributed by atoms with Crippen molar-refractivity contribution in [2.75, 3.05) is 0 Å². The lowest BCUT2D eigenvalue weighted by Gasteiger charge is -2.19. The Bertz CT molecular complexity index is 3460. The minimum absolute atomic E-state index is 0.624. The van der Waals surface area contributed by atoms with Gasteiger partial charge in [-0.15, -0.1) is 0 Å². The quantitative estimate of drug-likeness (QED) is 0.136. The van der Waals surface area contributed by atoms with E-state index in [2.05, 4.69) is 145 Å². The highest BCUT2D eigenvalue weighted by Gasteiger charge is 2.21. The Hall–Kier alpha value is -9.00. The number of aryl methyl sites for hydroxylation is 1. The lowest BCUT2D eigenvalue weighted by atomic mass is 9.85. The fourth-order valence-electron chi connectivity index (χ4n) is 8.76. The molecule has 0 bridgehead atoms. The van der Waals surface area contributed by atoms with Crippen molar-refractivity contribution in [1.29, 1.82) is 0 Å². The van der Waals surface area contributed by atoms with Gasteiger partial charge in [-0.25, -0.2) is 19.9 Å². The van der Waals surface area contributed by atoms with E-state index in [0.29, 0.717) is 11.6 Å². The van der Waals surface area contributed by atoms with Gasteiger partial charge in [-0.1, -0.05) is 182 Å². The van der Waals surface area contributed by atoms with E-state index in [1.54, 1.807) is 0 Å². The molecule has 0 N–H and O–H groups in total. The molecule has 11 rings (SSSR count). The molecule has 4 aromatic heterocycles. The second-order valence-electron chi connectivity index (χ2n) is 16.3. The van der Waals surface area contributed by atoms with Crippen molar-refractivity contribution >= 4 is 0 Å². The third-order valence-electron chi connectivity index (χ3n) is 12.0. The molecule has 0 atom stereocenters. The Labute approximate surface area is 390 Å². The van der Waals surface area contributed by atoms with Crippen LogP contribution in [0.5, 0.6) is 0 Å². The number of hydrogen-bond donors (Lipinski definition) is 0. The molecule has 0 radical (unpaired) electrons. The minimum atomic E-state index is 0.624. The van der Waals surface area contributed by atoms with E-state index in [0.717, 1.165) is 106 Å². The molecular formula is C61H42N6. The summed E-state index contributed by atoms with van der Waals surface area (Å²) < 4.78 is 0. The van der Waals surface area contributed by atoms with Crippen LogP contribution >= 0.6 is 0 Å². The summed E-state index contributed by atoms with van der Waals surface area (Å²) in [6.07, 6.45) is 3.71. The summed E-state index contributed by atoms with van der Waals surface area (Å²) in [5.74, 6) is 1.28. The molecule has 0 saturated heterocycles. The summed E-state index contributed by atoms with van der Waals surface area (Å²) in [4.78, 5) is 30.4. The van der Waals surface area contributed by atoms with Crippen molar-refractivity contribution < 1.29 is 0 Å². The molecule has 0 aliphatic rings. The number of benzene rings is 7. The Balaban J connectivity index is 1.08. The Morgan fingerprint density at radius 3 is 1.33 bits per heavy atom. The molecule has 4 heterocycles. The van der Waals surface area contributed by atoms with Gasteiger partial charge in [0.1, 0.15) is 0 Å². The van der Waals surface area contributed by atoms with Crippen molar-refractivity contribution in [1.82, 2.24) is 29.9 Å². The highest BCUT2D eigenvalue weighted by atomic mass is 14.9. The molecule has 0 saturated carbocycles. The molecule has 0 amide bonds. The van der Waals surface area contributed by atoms with E-state index in [9.17, 15) is 0 Å². The van der Waals surface area contributed by atoms with Crippen molar-refractivity contribution in [3.05, 3.63) is 243 Å². The van der Waals surface area contributed by atoms with Crippen LogP contribution in [0.1, 0.15) is 5.69 Å². The summed E-state index contributed by atoms with van der Waals surface area (Å²) in [6, 6.07) is 77.3. The van der Waals surface area contributed by atoms with Crippen LogP contribution in [0.4, 0.5) is 0 Å². The molecule has 7 aromatic carbocycles. The van der Waals surface area contributed by atoms with Crippen LogP contribution in [0.25, 0.3) is 112 Å². The zero-order chi connectivity index (χ0) is 44.9. The van der Waals surface area contributed by atoms with Crippen LogP contribution in [0.15, 0.2) is 237 Å². The topological polar surface area (TPSA) is 77.3 Å². The molecule has 6 nitrogen and oxygen atoms in total. The van der Waals surface area contributed by atoms with Crippen LogP contribution in [0.2, 0.25) is 0 Å². The van der Waals surface area contributed by atoms with Gasteiger partial charge in [-0.05, 0) is 82.8 Å². The first-order valence-electron chi connectivity index (χ1n) is 22.3. The predicted molar refractivity (Wildman–Crippen MR) is 272 cm³/mol. The van der Waals surface area contributed by atoms with Crippen molar-refractivity contribution in [3.63, 3.8) is 0 Å². The second-order valence-corrected chi connectivity index (χ2v) is 16.3. The lowest BCUT2D eigenvalue weighted by molar-refractivity contribution is 1.17. The first-order valence-corrected chi connectivity index (χ1v) is 22.3. The highest BCUT2D eigenvalue weighted by molar-refractivity contribution is 5.99. The van der Waals surface area contributed by atoms with Crippen molar-refractivity contribution in [3.8, 4) is 112 Å². The maximum Gasteiger partial charge on any atom is 0.161 e. The molecule has 67 heavy (non-hydrogen) atoms. The highest BCUT2D eigenvalue weighted by Crippen LogP contribution is 2.44. The van der Waals surface area contributed by atoms with Crippen LogP contribution in [0, 0.1) is 6.92 Å². The van der Waals surface area contributed by atoms with E-state index in [1.165, 1.54) is 0 Å². The zero-order valence-corrected chi connectivity index (χ0v) is 36.7. The molecule has 0 unspecified atom stereocenters. The maximum absolute atomic E-state index is 5.42. The van der Waals surface area contributed by atoms with Crippen LogP contribution < -0.4 is 0 Å². The molecule has 316 valence electrons. The SMILES string of the molecule is Cc1cccc(-c2ccccc2-c2nc(-c3ccccc3)cc(-c3ccccc3-c3cccc(-c4cccc(-c5nc(-c6ccccc6)cc(-c6ccccc6)n5)c4)c3-c3ccncc3)n2)n1. The number of pyridine rings is 2. The van der Waals surface area contributed by atoms with Gasteiger partial charge in [-0.2, -0.15) is 0 Å². The molecule has 0 aliphatic heterocycles. The summed E-state index contributed by atoms with van der Waals surface area (Å²) in [5.41, 5.74) is 18.4. The molecule has 0 spiro atoms. The van der Waals surface area contributed by atoms with Crippen molar-refractivity contribution in [2.24, 2.45) is 0 Å². The maximum atomic E-state index is 5.42. The summed E-state index contributed by atoms with van der Waals surface area (Å²) in [7, 11) is 0. The fourth-order valence-corrected chi connectivity index (χ4v) is 8.76. The van der Waals surface area contributed by atoms with Gasteiger partial charge in [0.25, 0.3) is 0 Å². The molecule has 11 aromatic rings. The largest absolute Gasteiger partial charge is 0.265 e. The second kappa shape index (κ2) is 18.2. The minimum Gasteiger partial charge on any atom is -0.265 e. The van der Waals surface area contributed by atoms with Gasteiger partial charge < -0.3 is 0 Å². The van der Waals surface area contributed by atoms with Crippen LogP contribution in [0.3, 0.4) is 0 Å². The van der Waals surface area contributed by atoms with E-state index in [4.69, 9.17) is 24.9 Å². The molecule has 6 heteroatoms. The summed E-state index contributed by atoms with van der Waals surface area (Å²) in [5, 5.41) is 0. The smallest absolute Gasteiger partial charge is 0.161 e. The Morgan fingerprint density at radius 2 is 0.701 bits per heavy atom. The average Bonchev–Trinajstić information content (AvgIpc) is 3.41. The number of aromatic nitrogens is 6. The van der Waals surface area contributed by atoms with E-state index in [1.807, 2.05) is 104 Å². The number of nitrogens with zero attached hydrogens (tertiary/aromatic N) is 6. The standard InChI is InChI=1S/C61H42N6/c1-41-18-15-33-54(63-41)51-29-13-14-30-53(51)61-66-57(44-23-9-4-10-24-44)40-58(67-61)50-28-12-11-27-49(50)52-32-17-31-48(59(52)45-34-36-62-37-35-45)46-25-16-26-47(38-46)60-64-55(42-19-5-2-6-20-42)39-56(65-60)43-21-7-3-8-22-43/h2-40H,1H3. The Kier molecular flexibility index (Phi) is 11.1. The number of hydrogen-bond acceptors (Lipinski definition) is 6. The van der Waals surface area contributed by atoms with E-state index in [-0.39, 0.29) is 0 Å². The van der Waals surface area contributed by atoms with E-state index < -0.39 is 0 Å².